The molecular formula is C24H24N2O5. The van der Waals surface area contributed by atoms with Crippen LogP contribution in [-0.4, -0.2) is 31.1 Å². The van der Waals surface area contributed by atoms with Crippen molar-refractivity contribution in [1.82, 2.24) is 5.32 Å². The fourth-order valence-corrected chi connectivity index (χ4v) is 3.34. The predicted octanol–water partition coefficient (Wildman–Crippen LogP) is 4.32. The summed E-state index contributed by atoms with van der Waals surface area (Å²) in [4.78, 5) is 22.7. The standard InChI is InChI=1S/C24H24N2O5/c1-30-22-13-12-20(26(28)29)16-23(22)31-17-24(27)25-15-14-21(18-8-4-2-5-9-18)19-10-6-3-7-11-19/h2-13,16,21H,14-15,17H2,1H3,(H,25,27). The number of hydrogen-bond acceptors (Lipinski definition) is 5. The summed E-state index contributed by atoms with van der Waals surface area (Å²) in [5, 5.41) is 13.8. The van der Waals surface area contributed by atoms with Crippen LogP contribution < -0.4 is 14.8 Å². The van der Waals surface area contributed by atoms with Gasteiger partial charge in [0.1, 0.15) is 0 Å². The van der Waals surface area contributed by atoms with Gasteiger partial charge in [0.25, 0.3) is 11.6 Å². The highest BCUT2D eigenvalue weighted by Gasteiger charge is 2.16. The Balaban J connectivity index is 1.58. The molecule has 0 atom stereocenters. The van der Waals surface area contributed by atoms with Gasteiger partial charge in [-0.15, -0.1) is 0 Å². The summed E-state index contributed by atoms with van der Waals surface area (Å²) in [7, 11) is 1.43. The Bertz CT molecular complexity index is 969. The molecule has 0 saturated carbocycles. The molecule has 0 aliphatic rings. The first-order valence-corrected chi connectivity index (χ1v) is 9.90. The van der Waals surface area contributed by atoms with Crippen molar-refractivity contribution in [2.24, 2.45) is 0 Å². The number of nitro benzene ring substituents is 1. The van der Waals surface area contributed by atoms with Gasteiger partial charge in [0.15, 0.2) is 18.1 Å². The van der Waals surface area contributed by atoms with E-state index in [2.05, 4.69) is 29.6 Å². The van der Waals surface area contributed by atoms with Crippen molar-refractivity contribution in [3.63, 3.8) is 0 Å². The Morgan fingerprint density at radius 2 is 1.58 bits per heavy atom. The summed E-state index contributed by atoms with van der Waals surface area (Å²) < 4.78 is 10.6. The number of benzene rings is 3. The molecule has 3 aromatic carbocycles. The summed E-state index contributed by atoms with van der Waals surface area (Å²) in [6.45, 7) is 0.196. The summed E-state index contributed by atoms with van der Waals surface area (Å²) >= 11 is 0. The maximum Gasteiger partial charge on any atom is 0.273 e. The fourth-order valence-electron chi connectivity index (χ4n) is 3.34. The van der Waals surface area contributed by atoms with Crippen molar-refractivity contribution in [1.29, 1.82) is 0 Å². The molecule has 160 valence electrons. The molecule has 0 bridgehead atoms. The smallest absolute Gasteiger partial charge is 0.273 e. The molecule has 3 rings (SSSR count). The van der Waals surface area contributed by atoms with Crippen LogP contribution in [0.2, 0.25) is 0 Å². The number of nitrogens with one attached hydrogen (secondary N) is 1. The van der Waals surface area contributed by atoms with Crippen molar-refractivity contribution in [3.8, 4) is 11.5 Å². The molecule has 1 N–H and O–H groups in total. The molecule has 0 unspecified atom stereocenters. The van der Waals surface area contributed by atoms with Gasteiger partial charge in [-0.1, -0.05) is 60.7 Å². The van der Waals surface area contributed by atoms with Crippen molar-refractivity contribution >= 4 is 11.6 Å². The number of methoxy groups -OCH3 is 1. The van der Waals surface area contributed by atoms with Crippen LogP contribution in [0.4, 0.5) is 5.69 Å². The zero-order valence-corrected chi connectivity index (χ0v) is 17.2. The molecule has 0 aliphatic carbocycles. The third-order valence-electron chi connectivity index (χ3n) is 4.88. The second-order valence-corrected chi connectivity index (χ2v) is 6.89. The maximum absolute atomic E-state index is 12.3. The van der Waals surface area contributed by atoms with E-state index in [1.807, 2.05) is 36.4 Å². The highest BCUT2D eigenvalue weighted by Crippen LogP contribution is 2.31. The molecule has 0 radical (unpaired) electrons. The Hall–Kier alpha value is -3.87. The molecule has 0 saturated heterocycles. The van der Waals surface area contributed by atoms with E-state index in [4.69, 9.17) is 9.47 Å². The number of hydrogen-bond donors (Lipinski definition) is 1. The lowest BCUT2D eigenvalue weighted by Crippen LogP contribution is -2.30. The number of nitro groups is 1. The number of carbonyl (C=O) groups is 1. The molecule has 31 heavy (non-hydrogen) atoms. The van der Waals surface area contributed by atoms with Crippen LogP contribution in [0.15, 0.2) is 78.9 Å². The van der Waals surface area contributed by atoms with E-state index in [0.717, 1.165) is 6.42 Å². The van der Waals surface area contributed by atoms with Gasteiger partial charge in [0, 0.05) is 18.5 Å². The van der Waals surface area contributed by atoms with Crippen LogP contribution in [0.3, 0.4) is 0 Å². The van der Waals surface area contributed by atoms with Gasteiger partial charge in [-0.3, -0.25) is 14.9 Å². The molecular weight excluding hydrogens is 396 g/mol. The number of nitrogens with zero attached hydrogens (tertiary/aromatic N) is 1. The van der Waals surface area contributed by atoms with Crippen LogP contribution in [0.5, 0.6) is 11.5 Å². The molecule has 0 aromatic heterocycles. The molecule has 0 heterocycles. The van der Waals surface area contributed by atoms with E-state index in [1.54, 1.807) is 0 Å². The quantitative estimate of drug-likeness (QED) is 0.390. The van der Waals surface area contributed by atoms with E-state index in [9.17, 15) is 14.9 Å². The lowest BCUT2D eigenvalue weighted by atomic mass is 9.88. The normalized spacial score (nSPS) is 10.5. The molecule has 7 heteroatoms. The van der Waals surface area contributed by atoms with Gasteiger partial charge in [-0.25, -0.2) is 0 Å². The van der Waals surface area contributed by atoms with Crippen LogP contribution in [-0.2, 0) is 4.79 Å². The summed E-state index contributed by atoms with van der Waals surface area (Å²) in [5.41, 5.74) is 2.23. The number of non-ortho nitro benzene ring substituents is 1. The minimum absolute atomic E-state index is 0.134. The molecule has 0 aliphatic heterocycles. The summed E-state index contributed by atoms with van der Waals surface area (Å²) in [6.07, 6.45) is 0.722. The van der Waals surface area contributed by atoms with E-state index in [0.29, 0.717) is 12.3 Å². The number of carbonyl (C=O) groups excluding carboxylic acids is 1. The molecule has 0 spiro atoms. The first-order valence-electron chi connectivity index (χ1n) is 9.90. The monoisotopic (exact) mass is 420 g/mol. The lowest BCUT2D eigenvalue weighted by Gasteiger charge is -2.18. The Labute approximate surface area is 180 Å². The Kier molecular flexibility index (Phi) is 7.59. The van der Waals surface area contributed by atoms with Gasteiger partial charge in [-0.05, 0) is 23.6 Å². The van der Waals surface area contributed by atoms with Crippen LogP contribution in [0.1, 0.15) is 23.5 Å². The third-order valence-corrected chi connectivity index (χ3v) is 4.88. The third kappa shape index (κ3) is 6.05. The highest BCUT2D eigenvalue weighted by molar-refractivity contribution is 5.77. The number of rotatable bonds is 10. The first-order chi connectivity index (χ1) is 15.1. The van der Waals surface area contributed by atoms with E-state index in [-0.39, 0.29) is 29.9 Å². The second-order valence-electron chi connectivity index (χ2n) is 6.89. The largest absolute Gasteiger partial charge is 0.493 e. The zero-order chi connectivity index (χ0) is 22.1. The fraction of sp³-hybridized carbons (Fsp3) is 0.208. The van der Waals surface area contributed by atoms with Crippen LogP contribution >= 0.6 is 0 Å². The van der Waals surface area contributed by atoms with E-state index < -0.39 is 4.92 Å². The molecule has 7 nitrogen and oxygen atoms in total. The molecule has 1 amide bonds. The van der Waals surface area contributed by atoms with Crippen molar-refractivity contribution in [3.05, 3.63) is 100 Å². The Morgan fingerprint density at radius 3 is 2.13 bits per heavy atom. The van der Waals surface area contributed by atoms with E-state index in [1.165, 1.54) is 36.4 Å². The van der Waals surface area contributed by atoms with Crippen LogP contribution in [0, 0.1) is 10.1 Å². The number of ether oxygens (including phenoxy) is 2. The summed E-state index contributed by atoms with van der Waals surface area (Å²) in [6, 6.07) is 24.3. The predicted molar refractivity (Wildman–Crippen MR) is 117 cm³/mol. The van der Waals surface area contributed by atoms with Gasteiger partial charge < -0.3 is 14.8 Å². The first kappa shape index (κ1) is 21.8. The molecule has 0 fully saturated rings. The minimum atomic E-state index is -0.528. The molecule has 3 aromatic rings. The van der Waals surface area contributed by atoms with Crippen LogP contribution in [0.25, 0.3) is 0 Å². The zero-order valence-electron chi connectivity index (χ0n) is 17.2. The second kappa shape index (κ2) is 10.8. The maximum atomic E-state index is 12.3. The highest BCUT2D eigenvalue weighted by atomic mass is 16.6. The Morgan fingerprint density at radius 1 is 0.968 bits per heavy atom. The summed E-state index contributed by atoms with van der Waals surface area (Å²) in [5.74, 6) is 0.318. The van der Waals surface area contributed by atoms with Crippen molar-refractivity contribution in [2.45, 2.75) is 12.3 Å². The average Bonchev–Trinajstić information content (AvgIpc) is 2.81. The number of amides is 1. The van der Waals surface area contributed by atoms with Crippen molar-refractivity contribution < 1.29 is 19.2 Å². The van der Waals surface area contributed by atoms with Gasteiger partial charge in [-0.2, -0.15) is 0 Å². The minimum Gasteiger partial charge on any atom is -0.493 e. The lowest BCUT2D eigenvalue weighted by molar-refractivity contribution is -0.385. The average molecular weight is 420 g/mol. The van der Waals surface area contributed by atoms with Gasteiger partial charge in [0.05, 0.1) is 18.1 Å². The topological polar surface area (TPSA) is 90.7 Å². The van der Waals surface area contributed by atoms with Gasteiger partial charge in [0.2, 0.25) is 0 Å². The van der Waals surface area contributed by atoms with Gasteiger partial charge >= 0.3 is 0 Å². The van der Waals surface area contributed by atoms with E-state index >= 15 is 0 Å². The van der Waals surface area contributed by atoms with Crippen molar-refractivity contribution in [2.75, 3.05) is 20.3 Å². The SMILES string of the molecule is COc1ccc([N+](=O)[O-])cc1OCC(=O)NCCC(c1ccccc1)c1ccccc1.